The van der Waals surface area contributed by atoms with Crippen LogP contribution in [0.5, 0.6) is 0 Å². The topological polar surface area (TPSA) is 60.7 Å². The molecule has 156 valence electrons. The first-order chi connectivity index (χ1) is 13.2. The average Bonchev–Trinajstić information content (AvgIpc) is 2.68. The van der Waals surface area contributed by atoms with Crippen LogP contribution in [0.2, 0.25) is 0 Å². The summed E-state index contributed by atoms with van der Waals surface area (Å²) >= 11 is 0. The summed E-state index contributed by atoms with van der Waals surface area (Å²) in [6.45, 7) is 2.43. The van der Waals surface area contributed by atoms with Gasteiger partial charge in [0.1, 0.15) is 0 Å². The van der Waals surface area contributed by atoms with Gasteiger partial charge < -0.3 is 15.3 Å². The van der Waals surface area contributed by atoms with E-state index in [1.807, 2.05) is 18.2 Å². The Labute approximate surface area is 166 Å². The molecule has 27 heavy (non-hydrogen) atoms. The van der Waals surface area contributed by atoms with Gasteiger partial charge in [0.2, 0.25) is 0 Å². The molecule has 0 saturated heterocycles. The number of unbranched alkanes of at least 4 members (excludes halogenated alkanes) is 6. The molecule has 3 nitrogen and oxygen atoms in total. The molecule has 2 unspecified atom stereocenters. The van der Waals surface area contributed by atoms with E-state index in [9.17, 15) is 10.2 Å². The minimum Gasteiger partial charge on any atom is -0.396 e. The van der Waals surface area contributed by atoms with Crippen molar-refractivity contribution in [3.05, 3.63) is 36.5 Å². The Morgan fingerprint density at radius 1 is 0.889 bits per heavy atom. The minimum absolute atomic E-state index is 0.201. The summed E-state index contributed by atoms with van der Waals surface area (Å²) < 4.78 is 0. The van der Waals surface area contributed by atoms with E-state index in [1.165, 1.54) is 32.1 Å². The molecule has 0 aromatic rings. The van der Waals surface area contributed by atoms with Crippen LogP contribution >= 0.6 is 0 Å². The second-order valence-corrected chi connectivity index (χ2v) is 7.95. The Hall–Kier alpha value is -0.900. The highest BCUT2D eigenvalue weighted by molar-refractivity contribution is 5.10. The lowest BCUT2D eigenvalue weighted by atomic mass is 9.78. The number of allylic oxidation sites excluding steroid dienone is 5. The number of aliphatic hydroxyl groups is 3. The molecule has 3 heteroatoms. The highest BCUT2D eigenvalue weighted by Gasteiger charge is 2.26. The largest absolute Gasteiger partial charge is 0.396 e. The van der Waals surface area contributed by atoms with E-state index in [1.54, 1.807) is 0 Å². The monoisotopic (exact) mass is 378 g/mol. The molecule has 1 aliphatic rings. The van der Waals surface area contributed by atoms with Crippen molar-refractivity contribution >= 4 is 0 Å². The molecule has 0 aromatic heterocycles. The Morgan fingerprint density at radius 2 is 1.59 bits per heavy atom. The number of rotatable bonds is 15. The van der Waals surface area contributed by atoms with Gasteiger partial charge in [-0.1, -0.05) is 81.9 Å². The molecule has 0 bridgehead atoms. The molecule has 4 atom stereocenters. The Kier molecular flexibility index (Phi) is 14.4. The Balaban J connectivity index is 2.31. The van der Waals surface area contributed by atoms with E-state index in [4.69, 9.17) is 5.11 Å². The van der Waals surface area contributed by atoms with Gasteiger partial charge in [0.25, 0.3) is 0 Å². The maximum Gasteiger partial charge on any atom is 0.0723 e. The molecule has 0 radical (unpaired) electrons. The summed E-state index contributed by atoms with van der Waals surface area (Å²) in [6, 6.07) is 0. The highest BCUT2D eigenvalue weighted by Crippen LogP contribution is 2.31. The van der Waals surface area contributed by atoms with Crippen molar-refractivity contribution in [3.63, 3.8) is 0 Å². The zero-order valence-electron chi connectivity index (χ0n) is 17.3. The molecule has 0 aromatic carbocycles. The van der Waals surface area contributed by atoms with Crippen LogP contribution in [0.25, 0.3) is 0 Å². The predicted molar refractivity (Wildman–Crippen MR) is 115 cm³/mol. The van der Waals surface area contributed by atoms with Crippen LogP contribution in [-0.4, -0.2) is 34.1 Å². The first kappa shape index (κ1) is 24.1. The van der Waals surface area contributed by atoms with E-state index in [0.717, 1.165) is 44.9 Å². The maximum atomic E-state index is 10.5. The number of aliphatic hydroxyl groups excluding tert-OH is 3. The fourth-order valence-electron chi connectivity index (χ4n) is 3.83. The number of hydrogen-bond acceptors (Lipinski definition) is 3. The van der Waals surface area contributed by atoms with Gasteiger partial charge in [-0.05, 0) is 50.4 Å². The van der Waals surface area contributed by atoms with Crippen molar-refractivity contribution in [1.29, 1.82) is 0 Å². The predicted octanol–water partition coefficient (Wildman–Crippen LogP) is 5.32. The molecule has 0 amide bonds. The van der Waals surface area contributed by atoms with Gasteiger partial charge in [-0.2, -0.15) is 0 Å². The van der Waals surface area contributed by atoms with Gasteiger partial charge in [0.05, 0.1) is 12.2 Å². The summed E-state index contributed by atoms with van der Waals surface area (Å²) in [6.07, 6.45) is 24.4. The highest BCUT2D eigenvalue weighted by atomic mass is 16.3. The molecule has 3 N–H and O–H groups in total. The van der Waals surface area contributed by atoms with E-state index in [2.05, 4.69) is 25.2 Å². The average molecular weight is 379 g/mol. The summed E-state index contributed by atoms with van der Waals surface area (Å²) in [5, 5.41) is 29.4. The van der Waals surface area contributed by atoms with Gasteiger partial charge in [0.15, 0.2) is 0 Å². The second kappa shape index (κ2) is 16.1. The third-order valence-electron chi connectivity index (χ3n) is 5.59. The molecule has 0 spiro atoms. The van der Waals surface area contributed by atoms with Crippen molar-refractivity contribution in [2.45, 2.75) is 96.2 Å². The van der Waals surface area contributed by atoms with Gasteiger partial charge in [-0.15, -0.1) is 0 Å². The zero-order valence-corrected chi connectivity index (χ0v) is 17.3. The molecule has 1 rings (SSSR count). The normalized spacial score (nSPS) is 22.7. The molecular weight excluding hydrogens is 336 g/mol. The van der Waals surface area contributed by atoms with Crippen molar-refractivity contribution in [2.75, 3.05) is 6.61 Å². The van der Waals surface area contributed by atoms with Gasteiger partial charge in [0, 0.05) is 6.61 Å². The van der Waals surface area contributed by atoms with Gasteiger partial charge in [-0.3, -0.25) is 0 Å². The summed E-state index contributed by atoms with van der Waals surface area (Å²) in [7, 11) is 0. The Morgan fingerprint density at radius 3 is 2.37 bits per heavy atom. The Bertz CT molecular complexity index is 427. The number of hydrogen-bond donors (Lipinski definition) is 3. The lowest BCUT2D eigenvalue weighted by Gasteiger charge is -2.30. The van der Waals surface area contributed by atoms with Crippen LogP contribution in [0.15, 0.2) is 36.5 Å². The van der Waals surface area contributed by atoms with Gasteiger partial charge >= 0.3 is 0 Å². The standard InChI is InChI=1S/C24H42O3/c1-2-3-4-5-6-7-16-22(26)17-10-8-14-21-15-9-11-18-23(21)24(27)19-12-13-20-25/h8-11,14,17,21-27H,2-7,12-13,15-16,18-20H2,1H3/b14-8+,17-10+/t21-,22?,23+,24?/m0/s1. The third kappa shape index (κ3) is 11.5. The summed E-state index contributed by atoms with van der Waals surface area (Å²) in [5.74, 6) is 0.603. The van der Waals surface area contributed by atoms with Crippen LogP contribution in [0.4, 0.5) is 0 Å². The maximum absolute atomic E-state index is 10.5. The molecule has 0 fully saturated rings. The second-order valence-electron chi connectivity index (χ2n) is 7.95. The van der Waals surface area contributed by atoms with Crippen LogP contribution in [0.1, 0.15) is 84.0 Å². The van der Waals surface area contributed by atoms with E-state index in [-0.39, 0.29) is 24.7 Å². The fourth-order valence-corrected chi connectivity index (χ4v) is 3.83. The molecular formula is C24H42O3. The van der Waals surface area contributed by atoms with Crippen LogP contribution in [0, 0.1) is 11.8 Å². The summed E-state index contributed by atoms with van der Waals surface area (Å²) in [4.78, 5) is 0. The van der Waals surface area contributed by atoms with Crippen LogP contribution in [-0.2, 0) is 0 Å². The smallest absolute Gasteiger partial charge is 0.0723 e. The van der Waals surface area contributed by atoms with Crippen LogP contribution < -0.4 is 0 Å². The quantitative estimate of drug-likeness (QED) is 0.205. The van der Waals surface area contributed by atoms with Crippen molar-refractivity contribution in [1.82, 2.24) is 0 Å². The van der Waals surface area contributed by atoms with Crippen molar-refractivity contribution in [3.8, 4) is 0 Å². The fraction of sp³-hybridized carbons (Fsp3) is 0.750. The molecule has 0 saturated carbocycles. The van der Waals surface area contributed by atoms with Crippen molar-refractivity contribution in [2.24, 2.45) is 11.8 Å². The van der Waals surface area contributed by atoms with Crippen molar-refractivity contribution < 1.29 is 15.3 Å². The minimum atomic E-state index is -0.355. The molecule has 1 aliphatic carbocycles. The van der Waals surface area contributed by atoms with E-state index >= 15 is 0 Å². The SMILES string of the molecule is CCCCCCCCC(O)/C=C/C=C/[C@H]1CC=CC[C@H]1C(O)CCCCO. The summed E-state index contributed by atoms with van der Waals surface area (Å²) in [5.41, 5.74) is 0. The molecule has 0 aliphatic heterocycles. The molecule has 0 heterocycles. The first-order valence-corrected chi connectivity index (χ1v) is 11.2. The van der Waals surface area contributed by atoms with E-state index in [0.29, 0.717) is 5.92 Å². The lowest BCUT2D eigenvalue weighted by Crippen LogP contribution is -2.28. The van der Waals surface area contributed by atoms with Gasteiger partial charge in [-0.25, -0.2) is 0 Å². The van der Waals surface area contributed by atoms with E-state index < -0.39 is 0 Å². The zero-order chi connectivity index (χ0) is 19.7. The van der Waals surface area contributed by atoms with Crippen LogP contribution in [0.3, 0.4) is 0 Å². The third-order valence-corrected chi connectivity index (χ3v) is 5.59. The lowest BCUT2D eigenvalue weighted by molar-refractivity contribution is 0.0717. The first-order valence-electron chi connectivity index (χ1n) is 11.2.